The Morgan fingerprint density at radius 1 is 0.810 bits per heavy atom. The summed E-state index contributed by atoms with van der Waals surface area (Å²) in [7, 11) is 0. The molecule has 1 atom stereocenters. The predicted octanol–water partition coefficient (Wildman–Crippen LogP) is 5.98. The first-order valence-electron chi connectivity index (χ1n) is 7.85. The molecule has 0 saturated carbocycles. The predicted molar refractivity (Wildman–Crippen MR) is 91.0 cm³/mol. The summed E-state index contributed by atoms with van der Waals surface area (Å²) in [6, 6.07) is 17.8. The fraction of sp³-hybridized carbons (Fsp3) is 0.238. The lowest BCUT2D eigenvalue weighted by atomic mass is 9.86. The molecule has 104 valence electrons. The molecule has 1 aliphatic carbocycles. The van der Waals surface area contributed by atoms with Crippen LogP contribution in [0.2, 0.25) is 0 Å². The largest absolute Gasteiger partial charge is 0.0645 e. The molecular formula is C21H20. The van der Waals surface area contributed by atoms with Gasteiger partial charge in [-0.25, -0.2) is 0 Å². The minimum absolute atomic E-state index is 0.555. The molecule has 0 bridgehead atoms. The number of fused-ring (bicyclic) bond motifs is 5. The summed E-state index contributed by atoms with van der Waals surface area (Å²) in [6.45, 7) is 6.88. The SMILES string of the molecule is CCC1c2ccccc2-c2c1c(C)c(C)c1ccccc21. The lowest BCUT2D eigenvalue weighted by Gasteiger charge is -2.18. The first-order chi connectivity index (χ1) is 10.2. The van der Waals surface area contributed by atoms with Crippen LogP contribution in [0.4, 0.5) is 0 Å². The molecule has 0 heteroatoms. The maximum absolute atomic E-state index is 2.31. The molecule has 0 spiro atoms. The molecule has 3 aromatic carbocycles. The Balaban J connectivity index is 2.23. The number of benzene rings is 3. The summed E-state index contributed by atoms with van der Waals surface area (Å²) in [5.41, 5.74) is 8.92. The molecule has 0 radical (unpaired) electrons. The van der Waals surface area contributed by atoms with E-state index >= 15 is 0 Å². The Kier molecular flexibility index (Phi) is 2.68. The molecule has 0 aliphatic heterocycles. The van der Waals surface area contributed by atoms with Crippen molar-refractivity contribution in [3.05, 3.63) is 70.8 Å². The molecule has 0 saturated heterocycles. The Morgan fingerprint density at radius 3 is 2.24 bits per heavy atom. The van der Waals surface area contributed by atoms with Crippen LogP contribution in [-0.2, 0) is 0 Å². The summed E-state index contributed by atoms with van der Waals surface area (Å²) >= 11 is 0. The van der Waals surface area contributed by atoms with Crippen molar-refractivity contribution in [1.82, 2.24) is 0 Å². The van der Waals surface area contributed by atoms with Gasteiger partial charge >= 0.3 is 0 Å². The summed E-state index contributed by atoms with van der Waals surface area (Å²) in [5, 5.41) is 2.82. The van der Waals surface area contributed by atoms with Gasteiger partial charge in [0.2, 0.25) is 0 Å². The molecule has 0 amide bonds. The molecule has 0 nitrogen and oxygen atoms in total. The van der Waals surface area contributed by atoms with Gasteiger partial charge in [0.05, 0.1) is 0 Å². The third kappa shape index (κ3) is 1.56. The second kappa shape index (κ2) is 4.46. The van der Waals surface area contributed by atoms with E-state index in [4.69, 9.17) is 0 Å². The van der Waals surface area contributed by atoms with E-state index in [2.05, 4.69) is 69.3 Å². The van der Waals surface area contributed by atoms with E-state index < -0.39 is 0 Å². The third-order valence-electron chi connectivity index (χ3n) is 5.20. The first kappa shape index (κ1) is 12.6. The highest BCUT2D eigenvalue weighted by Gasteiger charge is 2.31. The van der Waals surface area contributed by atoms with Crippen LogP contribution in [0.25, 0.3) is 21.9 Å². The van der Waals surface area contributed by atoms with Crippen molar-refractivity contribution in [2.45, 2.75) is 33.1 Å². The fourth-order valence-corrected chi connectivity index (χ4v) is 4.10. The van der Waals surface area contributed by atoms with Gasteiger partial charge in [0, 0.05) is 5.92 Å². The normalized spacial score (nSPS) is 16.0. The van der Waals surface area contributed by atoms with Crippen LogP contribution in [0, 0.1) is 13.8 Å². The second-order valence-electron chi connectivity index (χ2n) is 6.13. The molecule has 0 fully saturated rings. The van der Waals surface area contributed by atoms with Crippen molar-refractivity contribution in [2.24, 2.45) is 0 Å². The van der Waals surface area contributed by atoms with E-state index in [9.17, 15) is 0 Å². The van der Waals surface area contributed by atoms with Gasteiger partial charge in [-0.2, -0.15) is 0 Å². The van der Waals surface area contributed by atoms with Gasteiger partial charge in [0.15, 0.2) is 0 Å². The Morgan fingerprint density at radius 2 is 1.48 bits per heavy atom. The van der Waals surface area contributed by atoms with Crippen molar-refractivity contribution < 1.29 is 0 Å². The lowest BCUT2D eigenvalue weighted by molar-refractivity contribution is 0.791. The third-order valence-corrected chi connectivity index (χ3v) is 5.20. The van der Waals surface area contributed by atoms with E-state index in [0.717, 1.165) is 0 Å². The van der Waals surface area contributed by atoms with Crippen molar-refractivity contribution in [2.75, 3.05) is 0 Å². The van der Waals surface area contributed by atoms with Crippen LogP contribution in [0.5, 0.6) is 0 Å². The molecule has 21 heavy (non-hydrogen) atoms. The Hall–Kier alpha value is -2.08. The van der Waals surface area contributed by atoms with Crippen LogP contribution in [0.15, 0.2) is 48.5 Å². The van der Waals surface area contributed by atoms with E-state index in [-0.39, 0.29) is 0 Å². The molecule has 0 aromatic heterocycles. The molecule has 4 rings (SSSR count). The van der Waals surface area contributed by atoms with Crippen LogP contribution >= 0.6 is 0 Å². The topological polar surface area (TPSA) is 0 Å². The number of aryl methyl sites for hydroxylation is 1. The van der Waals surface area contributed by atoms with Gasteiger partial charge in [-0.05, 0) is 64.4 Å². The summed E-state index contributed by atoms with van der Waals surface area (Å²) in [6.07, 6.45) is 1.17. The zero-order chi connectivity index (χ0) is 14.6. The molecular weight excluding hydrogens is 252 g/mol. The van der Waals surface area contributed by atoms with E-state index in [0.29, 0.717) is 5.92 Å². The minimum Gasteiger partial charge on any atom is -0.0645 e. The van der Waals surface area contributed by atoms with Gasteiger partial charge in [-0.1, -0.05) is 55.5 Å². The van der Waals surface area contributed by atoms with Crippen LogP contribution in [0.1, 0.15) is 41.5 Å². The van der Waals surface area contributed by atoms with Crippen LogP contribution in [-0.4, -0.2) is 0 Å². The molecule has 1 aliphatic rings. The summed E-state index contributed by atoms with van der Waals surface area (Å²) in [4.78, 5) is 0. The molecule has 0 heterocycles. The zero-order valence-electron chi connectivity index (χ0n) is 12.9. The van der Waals surface area contributed by atoms with Gasteiger partial charge in [0.25, 0.3) is 0 Å². The second-order valence-corrected chi connectivity index (χ2v) is 6.13. The number of hydrogen-bond donors (Lipinski definition) is 0. The summed E-state index contributed by atoms with van der Waals surface area (Å²) in [5.74, 6) is 0.555. The van der Waals surface area contributed by atoms with E-state index in [1.165, 1.54) is 45.0 Å². The van der Waals surface area contributed by atoms with Crippen LogP contribution in [0.3, 0.4) is 0 Å². The summed E-state index contributed by atoms with van der Waals surface area (Å²) < 4.78 is 0. The number of rotatable bonds is 1. The van der Waals surface area contributed by atoms with E-state index in [1.807, 2.05) is 0 Å². The van der Waals surface area contributed by atoms with Crippen molar-refractivity contribution in [3.8, 4) is 11.1 Å². The van der Waals surface area contributed by atoms with Gasteiger partial charge in [0.1, 0.15) is 0 Å². The van der Waals surface area contributed by atoms with Gasteiger partial charge in [-0.15, -0.1) is 0 Å². The smallest absolute Gasteiger partial charge is 0.0102 e. The highest BCUT2D eigenvalue weighted by Crippen LogP contribution is 2.51. The van der Waals surface area contributed by atoms with Crippen LogP contribution < -0.4 is 0 Å². The maximum Gasteiger partial charge on any atom is 0.0102 e. The lowest BCUT2D eigenvalue weighted by Crippen LogP contribution is -1.99. The van der Waals surface area contributed by atoms with Gasteiger partial charge < -0.3 is 0 Å². The monoisotopic (exact) mass is 272 g/mol. The van der Waals surface area contributed by atoms with Gasteiger partial charge in [-0.3, -0.25) is 0 Å². The zero-order valence-corrected chi connectivity index (χ0v) is 12.9. The minimum atomic E-state index is 0.555. The highest BCUT2D eigenvalue weighted by molar-refractivity contribution is 6.04. The van der Waals surface area contributed by atoms with Crippen molar-refractivity contribution in [3.63, 3.8) is 0 Å². The Labute approximate surface area is 126 Å². The molecule has 0 N–H and O–H groups in total. The maximum atomic E-state index is 2.31. The number of hydrogen-bond acceptors (Lipinski definition) is 0. The van der Waals surface area contributed by atoms with Crippen molar-refractivity contribution >= 4 is 10.8 Å². The average molecular weight is 272 g/mol. The highest BCUT2D eigenvalue weighted by atomic mass is 14.3. The molecule has 3 aromatic rings. The van der Waals surface area contributed by atoms with E-state index in [1.54, 1.807) is 5.56 Å². The molecule has 1 unspecified atom stereocenters. The van der Waals surface area contributed by atoms with Crippen molar-refractivity contribution in [1.29, 1.82) is 0 Å². The first-order valence-corrected chi connectivity index (χ1v) is 7.85. The average Bonchev–Trinajstić information content (AvgIpc) is 2.87. The Bertz CT molecular complexity index is 855. The standard InChI is InChI=1S/C21H20/c1-4-15-17-10-6-8-12-19(17)21-18-11-7-5-9-16(18)13(2)14(3)20(15)21/h5-12,15H,4H2,1-3H3. The quantitative estimate of drug-likeness (QED) is 0.511. The fourth-order valence-electron chi connectivity index (χ4n) is 4.10.